The number of rotatable bonds is 3. The SMILES string of the molecule is O=C(NCc1cccnc1)C1CCS(=O)(=O)CC1. The third kappa shape index (κ3) is 3.53. The van der Waals surface area contributed by atoms with Gasteiger partial charge in [0.1, 0.15) is 9.84 Å². The molecular formula is C12H16N2O3S. The van der Waals surface area contributed by atoms with E-state index in [4.69, 9.17) is 0 Å². The monoisotopic (exact) mass is 268 g/mol. The Morgan fingerprint density at radius 3 is 2.72 bits per heavy atom. The normalized spacial score (nSPS) is 19.3. The van der Waals surface area contributed by atoms with Gasteiger partial charge in [0.15, 0.2) is 0 Å². The van der Waals surface area contributed by atoms with E-state index in [2.05, 4.69) is 10.3 Å². The van der Waals surface area contributed by atoms with Gasteiger partial charge in [-0.3, -0.25) is 9.78 Å². The Hall–Kier alpha value is -1.43. The first-order valence-electron chi connectivity index (χ1n) is 5.94. The van der Waals surface area contributed by atoms with Crippen LogP contribution in [0.1, 0.15) is 18.4 Å². The van der Waals surface area contributed by atoms with Gasteiger partial charge in [0.05, 0.1) is 11.5 Å². The fourth-order valence-corrected chi connectivity index (χ4v) is 3.48. The van der Waals surface area contributed by atoms with E-state index in [1.807, 2.05) is 12.1 Å². The molecule has 0 aromatic carbocycles. The van der Waals surface area contributed by atoms with Crippen LogP contribution in [0.5, 0.6) is 0 Å². The molecule has 1 aliphatic rings. The Balaban J connectivity index is 1.83. The Morgan fingerprint density at radius 1 is 1.39 bits per heavy atom. The maximum Gasteiger partial charge on any atom is 0.223 e. The Labute approximate surface area is 107 Å². The third-order valence-corrected chi connectivity index (χ3v) is 4.83. The zero-order valence-electron chi connectivity index (χ0n) is 10.0. The molecule has 2 rings (SSSR count). The Morgan fingerprint density at radius 2 is 2.11 bits per heavy atom. The van der Waals surface area contributed by atoms with Gasteiger partial charge < -0.3 is 5.32 Å². The van der Waals surface area contributed by atoms with Crippen LogP contribution in [0.15, 0.2) is 24.5 Å². The summed E-state index contributed by atoms with van der Waals surface area (Å²) in [6.07, 6.45) is 4.24. The highest BCUT2D eigenvalue weighted by Gasteiger charge is 2.28. The van der Waals surface area contributed by atoms with E-state index in [9.17, 15) is 13.2 Å². The molecule has 0 saturated carbocycles. The lowest BCUT2D eigenvalue weighted by molar-refractivity contribution is -0.125. The quantitative estimate of drug-likeness (QED) is 0.867. The van der Waals surface area contributed by atoms with E-state index >= 15 is 0 Å². The minimum absolute atomic E-state index is 0.0613. The summed E-state index contributed by atoms with van der Waals surface area (Å²) in [4.78, 5) is 15.8. The first-order valence-corrected chi connectivity index (χ1v) is 7.76. The van der Waals surface area contributed by atoms with Crippen LogP contribution in [0.2, 0.25) is 0 Å². The van der Waals surface area contributed by atoms with E-state index in [0.717, 1.165) is 5.56 Å². The first kappa shape index (κ1) is 13.0. The van der Waals surface area contributed by atoms with Crippen molar-refractivity contribution in [1.82, 2.24) is 10.3 Å². The van der Waals surface area contributed by atoms with Gasteiger partial charge in [0, 0.05) is 24.9 Å². The standard InChI is InChI=1S/C12H16N2O3S/c15-12(11-3-6-18(16,17)7-4-11)14-9-10-2-1-5-13-8-10/h1-2,5,8,11H,3-4,6-7,9H2,(H,14,15). The number of amides is 1. The predicted octanol–water partition coefficient (Wildman–Crippen LogP) is 0.523. The van der Waals surface area contributed by atoms with Crippen molar-refractivity contribution in [3.05, 3.63) is 30.1 Å². The van der Waals surface area contributed by atoms with Gasteiger partial charge >= 0.3 is 0 Å². The zero-order valence-corrected chi connectivity index (χ0v) is 10.8. The van der Waals surface area contributed by atoms with E-state index in [-0.39, 0.29) is 23.3 Å². The lowest BCUT2D eigenvalue weighted by Crippen LogP contribution is -2.35. The van der Waals surface area contributed by atoms with Crippen molar-refractivity contribution >= 4 is 15.7 Å². The van der Waals surface area contributed by atoms with Gasteiger partial charge in [0.25, 0.3) is 0 Å². The van der Waals surface area contributed by atoms with Gasteiger partial charge in [0.2, 0.25) is 5.91 Å². The number of aromatic nitrogens is 1. The molecule has 0 spiro atoms. The summed E-state index contributed by atoms with van der Waals surface area (Å²) in [5.74, 6) is 0.00891. The van der Waals surface area contributed by atoms with E-state index in [1.54, 1.807) is 12.4 Å². The molecule has 6 heteroatoms. The summed E-state index contributed by atoms with van der Waals surface area (Å²) >= 11 is 0. The van der Waals surface area contributed by atoms with Crippen LogP contribution in [0, 0.1) is 5.92 Å². The molecule has 1 saturated heterocycles. The van der Waals surface area contributed by atoms with Gasteiger partial charge in [-0.25, -0.2) is 8.42 Å². The predicted molar refractivity (Wildman–Crippen MR) is 67.5 cm³/mol. The molecule has 0 unspecified atom stereocenters. The Bertz CT molecular complexity index is 499. The molecule has 1 aliphatic heterocycles. The maximum absolute atomic E-state index is 11.9. The highest BCUT2D eigenvalue weighted by atomic mass is 32.2. The van der Waals surface area contributed by atoms with Crippen LogP contribution in [0.3, 0.4) is 0 Å². The molecule has 1 amide bonds. The molecule has 0 bridgehead atoms. The molecule has 2 heterocycles. The number of carbonyl (C=O) groups is 1. The summed E-state index contributed by atoms with van der Waals surface area (Å²) in [6, 6.07) is 3.70. The van der Waals surface area contributed by atoms with Gasteiger partial charge in [-0.15, -0.1) is 0 Å². The highest BCUT2D eigenvalue weighted by Crippen LogP contribution is 2.18. The molecule has 0 atom stereocenters. The number of sulfone groups is 1. The molecular weight excluding hydrogens is 252 g/mol. The van der Waals surface area contributed by atoms with Gasteiger partial charge in [-0.1, -0.05) is 6.07 Å². The van der Waals surface area contributed by atoms with Crippen molar-refractivity contribution in [2.45, 2.75) is 19.4 Å². The summed E-state index contributed by atoms with van der Waals surface area (Å²) in [7, 11) is -2.91. The number of nitrogens with zero attached hydrogens (tertiary/aromatic N) is 1. The average Bonchev–Trinajstić information content (AvgIpc) is 2.37. The van der Waals surface area contributed by atoms with Crippen molar-refractivity contribution in [3.63, 3.8) is 0 Å². The molecule has 18 heavy (non-hydrogen) atoms. The number of nitrogens with one attached hydrogen (secondary N) is 1. The van der Waals surface area contributed by atoms with Crippen molar-refractivity contribution < 1.29 is 13.2 Å². The molecule has 5 nitrogen and oxygen atoms in total. The second-order valence-corrected chi connectivity index (χ2v) is 6.81. The first-order chi connectivity index (χ1) is 8.57. The lowest BCUT2D eigenvalue weighted by atomic mass is 10.0. The number of hydrogen-bond donors (Lipinski definition) is 1. The zero-order chi connectivity index (χ0) is 13.0. The third-order valence-electron chi connectivity index (χ3n) is 3.11. The van der Waals surface area contributed by atoms with Crippen LogP contribution in [0.25, 0.3) is 0 Å². The molecule has 1 fully saturated rings. The largest absolute Gasteiger partial charge is 0.352 e. The maximum atomic E-state index is 11.9. The molecule has 0 aliphatic carbocycles. The van der Waals surface area contributed by atoms with Crippen LogP contribution < -0.4 is 5.32 Å². The van der Waals surface area contributed by atoms with Crippen molar-refractivity contribution in [2.24, 2.45) is 5.92 Å². The molecule has 1 aromatic heterocycles. The van der Waals surface area contributed by atoms with Gasteiger partial charge in [-0.2, -0.15) is 0 Å². The minimum atomic E-state index is -2.91. The summed E-state index contributed by atoms with van der Waals surface area (Å²) in [6.45, 7) is 0.440. The topological polar surface area (TPSA) is 76.1 Å². The van der Waals surface area contributed by atoms with Crippen LogP contribution >= 0.6 is 0 Å². The highest BCUT2D eigenvalue weighted by molar-refractivity contribution is 7.91. The van der Waals surface area contributed by atoms with Crippen molar-refractivity contribution in [1.29, 1.82) is 0 Å². The minimum Gasteiger partial charge on any atom is -0.352 e. The fourth-order valence-electron chi connectivity index (χ4n) is 1.99. The van der Waals surface area contributed by atoms with Crippen LogP contribution in [0.4, 0.5) is 0 Å². The fraction of sp³-hybridized carbons (Fsp3) is 0.500. The number of hydrogen-bond acceptors (Lipinski definition) is 4. The van der Waals surface area contributed by atoms with Gasteiger partial charge in [-0.05, 0) is 24.5 Å². The molecule has 1 aromatic rings. The molecule has 98 valence electrons. The summed E-state index contributed by atoms with van der Waals surface area (Å²) in [5.41, 5.74) is 0.939. The summed E-state index contributed by atoms with van der Waals surface area (Å²) < 4.78 is 22.5. The average molecular weight is 268 g/mol. The lowest BCUT2D eigenvalue weighted by Gasteiger charge is -2.21. The van der Waals surface area contributed by atoms with Crippen molar-refractivity contribution in [2.75, 3.05) is 11.5 Å². The number of carbonyl (C=O) groups excluding carboxylic acids is 1. The van der Waals surface area contributed by atoms with E-state index < -0.39 is 9.84 Å². The smallest absolute Gasteiger partial charge is 0.223 e. The van der Waals surface area contributed by atoms with E-state index in [0.29, 0.717) is 19.4 Å². The summed E-state index contributed by atoms with van der Waals surface area (Å²) in [5, 5.41) is 2.82. The van der Waals surface area contributed by atoms with Crippen LogP contribution in [-0.4, -0.2) is 30.8 Å². The number of pyridine rings is 1. The second kappa shape index (κ2) is 5.48. The van der Waals surface area contributed by atoms with Crippen molar-refractivity contribution in [3.8, 4) is 0 Å². The van der Waals surface area contributed by atoms with Crippen LogP contribution in [-0.2, 0) is 21.2 Å². The van der Waals surface area contributed by atoms with E-state index in [1.165, 1.54) is 0 Å². The molecule has 0 radical (unpaired) electrons. The molecule has 1 N–H and O–H groups in total. The second-order valence-electron chi connectivity index (χ2n) is 4.51. The Kier molecular flexibility index (Phi) is 3.96.